The molecule has 0 saturated carbocycles. The van der Waals surface area contributed by atoms with Gasteiger partial charge in [-0.1, -0.05) is 13.3 Å². The Hall–Kier alpha value is -1.78. The number of nitriles is 1. The highest BCUT2D eigenvalue weighted by Gasteiger charge is 2.16. The number of nitrogens with two attached hydrogens (primary N) is 1. The summed E-state index contributed by atoms with van der Waals surface area (Å²) in [4.78, 5) is 0. The van der Waals surface area contributed by atoms with Crippen molar-refractivity contribution >= 4 is 10.0 Å². The van der Waals surface area contributed by atoms with Crippen LogP contribution in [0.5, 0.6) is 11.5 Å². The average molecular weight is 312 g/mol. The summed E-state index contributed by atoms with van der Waals surface area (Å²) in [5, 5.41) is 14.0. The normalized spacial score (nSPS) is 12.5. The molecule has 0 spiro atoms. The maximum Gasteiger partial charge on any atom is 0.209 e. The highest BCUT2D eigenvalue weighted by atomic mass is 32.2. The van der Waals surface area contributed by atoms with Crippen LogP contribution in [0.4, 0.5) is 0 Å². The van der Waals surface area contributed by atoms with E-state index in [9.17, 15) is 8.42 Å². The lowest BCUT2D eigenvalue weighted by atomic mass is 10.1. The second-order valence-corrected chi connectivity index (χ2v) is 6.46. The molecule has 0 radical (unpaired) electrons. The molecular weight excluding hydrogens is 292 g/mol. The summed E-state index contributed by atoms with van der Waals surface area (Å²) in [6.07, 6.45) is 1.54. The first-order chi connectivity index (χ1) is 9.87. The van der Waals surface area contributed by atoms with Crippen molar-refractivity contribution in [2.75, 3.05) is 19.5 Å². The predicted molar refractivity (Wildman–Crippen MR) is 79.6 cm³/mol. The van der Waals surface area contributed by atoms with Crippen molar-refractivity contribution in [2.24, 2.45) is 11.1 Å². The number of hydrogen-bond acceptors (Lipinski definition) is 5. The standard InChI is InChI=1S/C14H20N2O4S/c1-3-4-11(10-21(16,17)18)9-20-14-6-12(8-15)5-13(7-14)19-2/h5-7,11H,3-4,9-10H2,1-2H3,(H2,16,17,18). The zero-order chi connectivity index (χ0) is 15.9. The average Bonchev–Trinajstić information content (AvgIpc) is 2.43. The van der Waals surface area contributed by atoms with Gasteiger partial charge >= 0.3 is 0 Å². The van der Waals surface area contributed by atoms with Gasteiger partial charge in [-0.2, -0.15) is 5.26 Å². The summed E-state index contributed by atoms with van der Waals surface area (Å²) in [6.45, 7) is 2.19. The molecule has 6 nitrogen and oxygen atoms in total. The van der Waals surface area contributed by atoms with Gasteiger partial charge in [0.05, 0.1) is 31.1 Å². The molecule has 116 valence electrons. The molecule has 1 atom stereocenters. The maximum atomic E-state index is 11.2. The molecule has 2 N–H and O–H groups in total. The Balaban J connectivity index is 2.77. The molecule has 0 aliphatic carbocycles. The minimum absolute atomic E-state index is 0.115. The third-order valence-electron chi connectivity index (χ3n) is 2.90. The van der Waals surface area contributed by atoms with Gasteiger partial charge in [-0.05, 0) is 18.6 Å². The Morgan fingerprint density at radius 2 is 2.00 bits per heavy atom. The van der Waals surface area contributed by atoms with Crippen LogP contribution in [0, 0.1) is 17.2 Å². The Kier molecular flexibility index (Phi) is 6.46. The van der Waals surface area contributed by atoms with E-state index in [1.54, 1.807) is 18.2 Å². The second kappa shape index (κ2) is 7.86. The van der Waals surface area contributed by atoms with Crippen LogP contribution in [0.25, 0.3) is 0 Å². The van der Waals surface area contributed by atoms with E-state index in [0.29, 0.717) is 23.5 Å². The molecule has 0 aliphatic heterocycles. The van der Waals surface area contributed by atoms with Crippen LogP contribution in [0.2, 0.25) is 0 Å². The minimum atomic E-state index is -3.53. The van der Waals surface area contributed by atoms with Crippen molar-refractivity contribution in [3.05, 3.63) is 23.8 Å². The maximum absolute atomic E-state index is 11.2. The zero-order valence-electron chi connectivity index (χ0n) is 12.2. The van der Waals surface area contributed by atoms with E-state index >= 15 is 0 Å². The number of benzene rings is 1. The molecule has 21 heavy (non-hydrogen) atoms. The highest BCUT2D eigenvalue weighted by molar-refractivity contribution is 7.89. The van der Waals surface area contributed by atoms with Gasteiger partial charge in [-0.15, -0.1) is 0 Å². The van der Waals surface area contributed by atoms with Crippen molar-refractivity contribution in [1.29, 1.82) is 5.26 Å². The minimum Gasteiger partial charge on any atom is -0.497 e. The molecule has 0 aromatic heterocycles. The van der Waals surface area contributed by atoms with Gasteiger partial charge in [0.2, 0.25) is 10.0 Å². The van der Waals surface area contributed by atoms with Gasteiger partial charge < -0.3 is 9.47 Å². The predicted octanol–water partition coefficient (Wildman–Crippen LogP) is 1.65. The largest absolute Gasteiger partial charge is 0.497 e. The Morgan fingerprint density at radius 3 is 2.52 bits per heavy atom. The third-order valence-corrected chi connectivity index (χ3v) is 3.83. The third kappa shape index (κ3) is 6.47. The first-order valence-electron chi connectivity index (χ1n) is 6.60. The number of sulfonamides is 1. The number of nitrogens with zero attached hydrogens (tertiary/aromatic N) is 1. The highest BCUT2D eigenvalue weighted by Crippen LogP contribution is 2.23. The summed E-state index contributed by atoms with van der Waals surface area (Å²) in [5.41, 5.74) is 0.419. The molecule has 0 fully saturated rings. The summed E-state index contributed by atoms with van der Waals surface area (Å²) in [7, 11) is -2.03. The SMILES string of the molecule is CCCC(COc1cc(C#N)cc(OC)c1)CS(N)(=O)=O. The van der Waals surface area contributed by atoms with Crippen LogP contribution in [-0.2, 0) is 10.0 Å². The Bertz CT molecular complexity index is 608. The summed E-state index contributed by atoms with van der Waals surface area (Å²) < 4.78 is 33.1. The van der Waals surface area contributed by atoms with Crippen LogP contribution in [0.15, 0.2) is 18.2 Å². The van der Waals surface area contributed by atoms with E-state index in [0.717, 1.165) is 6.42 Å². The van der Waals surface area contributed by atoms with Crippen LogP contribution >= 0.6 is 0 Å². The lowest BCUT2D eigenvalue weighted by Crippen LogP contribution is -2.27. The first-order valence-corrected chi connectivity index (χ1v) is 8.32. The second-order valence-electron chi connectivity index (χ2n) is 4.80. The van der Waals surface area contributed by atoms with Crippen molar-refractivity contribution < 1.29 is 17.9 Å². The van der Waals surface area contributed by atoms with Crippen LogP contribution in [0.3, 0.4) is 0 Å². The molecule has 0 aliphatic rings. The number of hydrogen-bond donors (Lipinski definition) is 1. The van der Waals surface area contributed by atoms with E-state index in [4.69, 9.17) is 19.9 Å². The first kappa shape index (κ1) is 17.3. The van der Waals surface area contributed by atoms with Gasteiger partial charge in [-0.3, -0.25) is 0 Å². The van der Waals surface area contributed by atoms with Crippen molar-refractivity contribution in [2.45, 2.75) is 19.8 Å². The fourth-order valence-corrected chi connectivity index (χ4v) is 2.92. The molecule has 1 aromatic carbocycles. The number of ether oxygens (including phenoxy) is 2. The van der Waals surface area contributed by atoms with E-state index in [1.165, 1.54) is 7.11 Å². The molecule has 0 bridgehead atoms. The van der Waals surface area contributed by atoms with Gasteiger partial charge in [0, 0.05) is 12.0 Å². The Morgan fingerprint density at radius 1 is 1.33 bits per heavy atom. The van der Waals surface area contributed by atoms with E-state index < -0.39 is 10.0 Å². The summed E-state index contributed by atoms with van der Waals surface area (Å²) in [6, 6.07) is 6.85. The fourth-order valence-electron chi connectivity index (χ4n) is 2.00. The van der Waals surface area contributed by atoms with Crippen molar-refractivity contribution in [1.82, 2.24) is 0 Å². The van der Waals surface area contributed by atoms with Gasteiger partial charge in [0.15, 0.2) is 0 Å². The topological polar surface area (TPSA) is 102 Å². The van der Waals surface area contributed by atoms with E-state index in [2.05, 4.69) is 0 Å². The number of methoxy groups -OCH3 is 1. The number of rotatable bonds is 8. The molecule has 1 rings (SSSR count). The molecule has 7 heteroatoms. The summed E-state index contributed by atoms with van der Waals surface area (Å²) in [5.74, 6) is 0.696. The fraction of sp³-hybridized carbons (Fsp3) is 0.500. The molecule has 0 amide bonds. The van der Waals surface area contributed by atoms with Crippen LogP contribution < -0.4 is 14.6 Å². The summed E-state index contributed by atoms with van der Waals surface area (Å²) >= 11 is 0. The van der Waals surface area contributed by atoms with E-state index in [1.807, 2.05) is 13.0 Å². The lowest BCUT2D eigenvalue weighted by Gasteiger charge is -2.16. The molecule has 1 aromatic rings. The lowest BCUT2D eigenvalue weighted by molar-refractivity contribution is 0.251. The number of primary sulfonamides is 1. The van der Waals surface area contributed by atoms with Crippen molar-refractivity contribution in [3.63, 3.8) is 0 Å². The zero-order valence-corrected chi connectivity index (χ0v) is 13.0. The molecule has 1 unspecified atom stereocenters. The van der Waals surface area contributed by atoms with Crippen LogP contribution in [0.1, 0.15) is 25.3 Å². The van der Waals surface area contributed by atoms with Gasteiger partial charge in [0.25, 0.3) is 0 Å². The molecular formula is C14H20N2O4S. The van der Waals surface area contributed by atoms with E-state index in [-0.39, 0.29) is 18.3 Å². The van der Waals surface area contributed by atoms with Gasteiger partial charge in [0.1, 0.15) is 11.5 Å². The Labute approximate surface area is 125 Å². The molecule has 0 heterocycles. The van der Waals surface area contributed by atoms with Crippen LogP contribution in [-0.4, -0.2) is 27.9 Å². The quantitative estimate of drug-likeness (QED) is 0.786. The monoisotopic (exact) mass is 312 g/mol. The smallest absolute Gasteiger partial charge is 0.209 e. The molecule has 0 saturated heterocycles. The van der Waals surface area contributed by atoms with Gasteiger partial charge in [-0.25, -0.2) is 13.6 Å². The van der Waals surface area contributed by atoms with Crippen molar-refractivity contribution in [3.8, 4) is 17.6 Å².